The van der Waals surface area contributed by atoms with Crippen molar-refractivity contribution in [3.8, 4) is 0 Å². The summed E-state index contributed by atoms with van der Waals surface area (Å²) >= 11 is 0. The van der Waals surface area contributed by atoms with E-state index in [0.29, 0.717) is 5.92 Å². The van der Waals surface area contributed by atoms with E-state index in [4.69, 9.17) is 5.73 Å². The molecule has 4 heteroatoms. The summed E-state index contributed by atoms with van der Waals surface area (Å²) in [5.74, 6) is 0.511. The molecular formula is C17H19N3O. The van der Waals surface area contributed by atoms with Crippen LogP contribution < -0.4 is 11.4 Å². The summed E-state index contributed by atoms with van der Waals surface area (Å²) in [6.07, 6.45) is 0. The van der Waals surface area contributed by atoms with Gasteiger partial charge < -0.3 is 15.7 Å². The quantitative estimate of drug-likeness (QED) is 0.690. The van der Waals surface area contributed by atoms with Crippen molar-refractivity contribution in [3.63, 3.8) is 0 Å². The monoisotopic (exact) mass is 281 g/mol. The van der Waals surface area contributed by atoms with Crippen molar-refractivity contribution in [2.45, 2.75) is 25.8 Å². The number of H-pyrrole nitrogens is 2. The molecule has 1 heterocycles. The summed E-state index contributed by atoms with van der Waals surface area (Å²) in [6, 6.07) is 13.9. The van der Waals surface area contributed by atoms with E-state index in [-0.39, 0.29) is 11.7 Å². The predicted octanol–water partition coefficient (Wildman–Crippen LogP) is 3.03. The van der Waals surface area contributed by atoms with Gasteiger partial charge in [-0.05, 0) is 34.7 Å². The predicted molar refractivity (Wildman–Crippen MR) is 85.5 cm³/mol. The molecule has 0 aliphatic carbocycles. The molecule has 0 saturated carbocycles. The van der Waals surface area contributed by atoms with Crippen LogP contribution in [0.3, 0.4) is 0 Å². The second-order valence-electron chi connectivity index (χ2n) is 5.68. The molecule has 2 aromatic carbocycles. The lowest BCUT2D eigenvalue weighted by Crippen LogP contribution is -2.11. The lowest BCUT2D eigenvalue weighted by molar-refractivity contribution is 0.848. The summed E-state index contributed by atoms with van der Waals surface area (Å²) in [5, 5.41) is 0. The molecule has 0 amide bonds. The zero-order valence-electron chi connectivity index (χ0n) is 12.2. The van der Waals surface area contributed by atoms with Crippen molar-refractivity contribution in [2.24, 2.45) is 5.73 Å². The van der Waals surface area contributed by atoms with Gasteiger partial charge in [-0.3, -0.25) is 0 Å². The fourth-order valence-electron chi connectivity index (χ4n) is 2.52. The van der Waals surface area contributed by atoms with Gasteiger partial charge in [0.05, 0.1) is 17.1 Å². The molecular weight excluding hydrogens is 262 g/mol. The van der Waals surface area contributed by atoms with E-state index < -0.39 is 0 Å². The molecule has 3 rings (SSSR count). The zero-order chi connectivity index (χ0) is 15.0. The maximum Gasteiger partial charge on any atom is 0.323 e. The number of hydrogen-bond acceptors (Lipinski definition) is 2. The fourth-order valence-corrected chi connectivity index (χ4v) is 2.52. The second-order valence-corrected chi connectivity index (χ2v) is 5.68. The average molecular weight is 281 g/mol. The Labute approximate surface area is 123 Å². The molecule has 0 spiro atoms. The van der Waals surface area contributed by atoms with Gasteiger partial charge in [-0.15, -0.1) is 0 Å². The highest BCUT2D eigenvalue weighted by molar-refractivity contribution is 5.75. The molecule has 108 valence electrons. The third-order valence-electron chi connectivity index (χ3n) is 3.86. The topological polar surface area (TPSA) is 74.7 Å². The van der Waals surface area contributed by atoms with Crippen LogP contribution in [-0.2, 0) is 0 Å². The van der Waals surface area contributed by atoms with Gasteiger partial charge in [0.25, 0.3) is 0 Å². The molecule has 21 heavy (non-hydrogen) atoms. The molecule has 0 aliphatic rings. The second kappa shape index (κ2) is 5.22. The van der Waals surface area contributed by atoms with Gasteiger partial charge in [0.15, 0.2) is 0 Å². The normalized spacial score (nSPS) is 13.0. The number of fused-ring (bicyclic) bond motifs is 1. The van der Waals surface area contributed by atoms with Crippen LogP contribution in [0.1, 0.15) is 42.5 Å². The highest BCUT2D eigenvalue weighted by Gasteiger charge is 2.11. The molecule has 1 atom stereocenters. The van der Waals surface area contributed by atoms with Crippen molar-refractivity contribution in [1.82, 2.24) is 9.97 Å². The number of nitrogens with one attached hydrogen (secondary N) is 2. The van der Waals surface area contributed by atoms with E-state index in [0.717, 1.165) is 22.2 Å². The molecule has 0 saturated heterocycles. The number of benzene rings is 2. The third-order valence-corrected chi connectivity index (χ3v) is 3.86. The Kier molecular flexibility index (Phi) is 3.39. The van der Waals surface area contributed by atoms with E-state index in [9.17, 15) is 4.79 Å². The van der Waals surface area contributed by atoms with E-state index in [1.807, 2.05) is 18.2 Å². The van der Waals surface area contributed by atoms with Gasteiger partial charge in [0.1, 0.15) is 0 Å². The first-order chi connectivity index (χ1) is 10.0. The Bertz CT molecular complexity index is 812. The Morgan fingerprint density at radius 2 is 1.43 bits per heavy atom. The first kappa shape index (κ1) is 13.6. The van der Waals surface area contributed by atoms with Crippen molar-refractivity contribution in [1.29, 1.82) is 0 Å². The minimum atomic E-state index is -0.200. The lowest BCUT2D eigenvalue weighted by atomic mass is 9.96. The maximum atomic E-state index is 11.3. The summed E-state index contributed by atoms with van der Waals surface area (Å²) in [7, 11) is 0. The van der Waals surface area contributed by atoms with Gasteiger partial charge in [0, 0.05) is 0 Å². The van der Waals surface area contributed by atoms with E-state index in [1.54, 1.807) is 0 Å². The summed E-state index contributed by atoms with van der Waals surface area (Å²) in [4.78, 5) is 16.8. The zero-order valence-corrected chi connectivity index (χ0v) is 12.2. The van der Waals surface area contributed by atoms with Crippen LogP contribution in [0.15, 0.2) is 47.3 Å². The Morgan fingerprint density at radius 1 is 0.857 bits per heavy atom. The van der Waals surface area contributed by atoms with E-state index >= 15 is 0 Å². The van der Waals surface area contributed by atoms with Gasteiger partial charge >= 0.3 is 5.69 Å². The molecule has 4 nitrogen and oxygen atoms in total. The van der Waals surface area contributed by atoms with Crippen LogP contribution in [-0.4, -0.2) is 9.97 Å². The minimum absolute atomic E-state index is 0.197. The third kappa shape index (κ3) is 2.62. The molecule has 3 aromatic rings. The van der Waals surface area contributed by atoms with E-state index in [2.05, 4.69) is 48.1 Å². The standard InChI is InChI=1S/C17H19N3O/c1-10(2)11-3-5-12(6-4-11)16(18)13-7-8-14-15(9-13)20-17(21)19-14/h3-10,16H,18H2,1-2H3,(H2,19,20,21). The molecule has 0 fully saturated rings. The largest absolute Gasteiger partial charge is 0.323 e. The summed E-state index contributed by atoms with van der Waals surface area (Å²) < 4.78 is 0. The van der Waals surface area contributed by atoms with Crippen LogP contribution in [0.2, 0.25) is 0 Å². The highest BCUT2D eigenvalue weighted by Crippen LogP contribution is 2.24. The Balaban J connectivity index is 1.95. The van der Waals surface area contributed by atoms with Crippen molar-refractivity contribution in [2.75, 3.05) is 0 Å². The highest BCUT2D eigenvalue weighted by atomic mass is 16.1. The van der Waals surface area contributed by atoms with Gasteiger partial charge in [-0.25, -0.2) is 4.79 Å². The van der Waals surface area contributed by atoms with Crippen LogP contribution in [0, 0.1) is 0 Å². The molecule has 0 bridgehead atoms. The number of rotatable bonds is 3. The minimum Gasteiger partial charge on any atom is -0.320 e. The van der Waals surface area contributed by atoms with Crippen molar-refractivity contribution >= 4 is 11.0 Å². The molecule has 1 unspecified atom stereocenters. The van der Waals surface area contributed by atoms with Gasteiger partial charge in [0.2, 0.25) is 0 Å². The Morgan fingerprint density at radius 3 is 2.10 bits per heavy atom. The van der Waals surface area contributed by atoms with E-state index in [1.165, 1.54) is 5.56 Å². The first-order valence-electron chi connectivity index (χ1n) is 7.12. The number of nitrogens with two attached hydrogens (primary N) is 1. The van der Waals surface area contributed by atoms with Crippen molar-refractivity contribution in [3.05, 3.63) is 69.6 Å². The van der Waals surface area contributed by atoms with Crippen LogP contribution in [0.5, 0.6) is 0 Å². The Hall–Kier alpha value is -2.33. The number of hydrogen-bond donors (Lipinski definition) is 3. The van der Waals surface area contributed by atoms with Crippen LogP contribution in [0.25, 0.3) is 11.0 Å². The SMILES string of the molecule is CC(C)c1ccc(C(N)c2ccc3[nH]c(=O)[nH]c3c2)cc1. The van der Waals surface area contributed by atoms with Crippen LogP contribution in [0.4, 0.5) is 0 Å². The average Bonchev–Trinajstić information content (AvgIpc) is 2.85. The number of aromatic amines is 2. The fraction of sp³-hybridized carbons (Fsp3) is 0.235. The molecule has 0 radical (unpaired) electrons. The van der Waals surface area contributed by atoms with Gasteiger partial charge in [-0.2, -0.15) is 0 Å². The van der Waals surface area contributed by atoms with Crippen molar-refractivity contribution < 1.29 is 0 Å². The molecule has 4 N–H and O–H groups in total. The maximum absolute atomic E-state index is 11.3. The van der Waals surface area contributed by atoms with Gasteiger partial charge in [-0.1, -0.05) is 44.2 Å². The summed E-state index contributed by atoms with van der Waals surface area (Å²) in [6.45, 7) is 4.34. The summed E-state index contributed by atoms with van der Waals surface area (Å²) in [5.41, 5.74) is 11.1. The molecule has 0 aliphatic heterocycles. The first-order valence-corrected chi connectivity index (χ1v) is 7.12. The number of imidazole rings is 1. The van der Waals surface area contributed by atoms with Crippen LogP contribution >= 0.6 is 0 Å². The smallest absolute Gasteiger partial charge is 0.320 e. The molecule has 1 aromatic heterocycles. The number of aromatic nitrogens is 2. The lowest BCUT2D eigenvalue weighted by Gasteiger charge is -2.14.